The first kappa shape index (κ1) is 19.1. The number of Topliss-reactive ketones (excluding diaryl/α,β-unsaturated/α-hetero) is 1. The van der Waals surface area contributed by atoms with E-state index in [1.54, 1.807) is 30.3 Å². The third-order valence-electron chi connectivity index (χ3n) is 4.19. The summed E-state index contributed by atoms with van der Waals surface area (Å²) in [5.74, 6) is -0.824. The molecule has 1 atom stereocenters. The van der Waals surface area contributed by atoms with Gasteiger partial charge in [-0.15, -0.1) is 0 Å². The molecular weight excluding hydrogens is 356 g/mol. The maximum absolute atomic E-state index is 12.9. The fourth-order valence-corrected chi connectivity index (χ4v) is 2.74. The lowest BCUT2D eigenvalue weighted by Gasteiger charge is -2.18. The quantitative estimate of drug-likeness (QED) is 0.618. The molecule has 0 saturated heterocycles. The first-order valence-corrected chi connectivity index (χ1v) is 8.83. The summed E-state index contributed by atoms with van der Waals surface area (Å²) in [5.41, 5.74) is 1.89. The molecule has 0 bridgehead atoms. The van der Waals surface area contributed by atoms with Crippen LogP contribution in [-0.4, -0.2) is 23.6 Å². The number of hydrogen-bond acceptors (Lipinski definition) is 4. The highest BCUT2D eigenvalue weighted by atomic mass is 16.3. The van der Waals surface area contributed by atoms with Crippen molar-refractivity contribution in [2.75, 3.05) is 5.32 Å². The Morgan fingerprint density at radius 2 is 1.75 bits per heavy atom. The van der Waals surface area contributed by atoms with Gasteiger partial charge in [-0.25, -0.2) is 0 Å². The Bertz CT molecular complexity index is 965. The van der Waals surface area contributed by atoms with Crippen LogP contribution in [-0.2, 0) is 11.2 Å². The van der Waals surface area contributed by atoms with Crippen molar-refractivity contribution in [1.29, 1.82) is 0 Å². The van der Waals surface area contributed by atoms with Crippen molar-refractivity contribution in [2.45, 2.75) is 19.4 Å². The van der Waals surface area contributed by atoms with Crippen molar-refractivity contribution in [3.05, 3.63) is 89.9 Å². The van der Waals surface area contributed by atoms with Crippen molar-refractivity contribution in [3.8, 4) is 0 Å². The summed E-state index contributed by atoms with van der Waals surface area (Å²) in [6.45, 7) is 1.46. The number of ketones is 1. The van der Waals surface area contributed by atoms with Crippen LogP contribution in [0.4, 0.5) is 5.69 Å². The molecule has 6 heteroatoms. The molecule has 1 aromatic heterocycles. The SMILES string of the molecule is CC(=O)c1cccc(NC(=O)C(Cc2ccccc2)NC(=O)c2ccco2)c1. The Morgan fingerprint density at radius 1 is 0.964 bits per heavy atom. The zero-order chi connectivity index (χ0) is 19.9. The number of carbonyl (C=O) groups excluding carboxylic acids is 3. The molecule has 3 rings (SSSR count). The van der Waals surface area contributed by atoms with Gasteiger partial charge in [0.15, 0.2) is 11.5 Å². The van der Waals surface area contributed by atoms with Gasteiger partial charge in [-0.05, 0) is 36.8 Å². The minimum absolute atomic E-state index is 0.0944. The number of carbonyl (C=O) groups is 3. The highest BCUT2D eigenvalue weighted by Crippen LogP contribution is 2.13. The van der Waals surface area contributed by atoms with E-state index in [1.807, 2.05) is 30.3 Å². The number of rotatable bonds is 7. The zero-order valence-corrected chi connectivity index (χ0v) is 15.3. The Kier molecular flexibility index (Phi) is 6.01. The van der Waals surface area contributed by atoms with Gasteiger partial charge in [-0.2, -0.15) is 0 Å². The van der Waals surface area contributed by atoms with Gasteiger partial charge in [0.2, 0.25) is 5.91 Å². The molecule has 0 radical (unpaired) electrons. The molecule has 0 aliphatic rings. The average molecular weight is 376 g/mol. The van der Waals surface area contributed by atoms with Gasteiger partial charge in [0.1, 0.15) is 6.04 Å². The molecule has 2 amide bonds. The number of amides is 2. The van der Waals surface area contributed by atoms with Gasteiger partial charge in [-0.1, -0.05) is 42.5 Å². The Hall–Kier alpha value is -3.67. The van der Waals surface area contributed by atoms with Crippen molar-refractivity contribution < 1.29 is 18.8 Å². The highest BCUT2D eigenvalue weighted by Gasteiger charge is 2.23. The van der Waals surface area contributed by atoms with Gasteiger partial charge < -0.3 is 15.1 Å². The van der Waals surface area contributed by atoms with Crippen LogP contribution in [0.25, 0.3) is 0 Å². The Labute approximate surface area is 162 Å². The van der Waals surface area contributed by atoms with E-state index in [4.69, 9.17) is 4.42 Å². The first-order chi connectivity index (χ1) is 13.5. The largest absolute Gasteiger partial charge is 0.459 e. The number of hydrogen-bond donors (Lipinski definition) is 2. The molecule has 0 saturated carbocycles. The normalized spacial score (nSPS) is 11.5. The van der Waals surface area contributed by atoms with Gasteiger partial charge in [0, 0.05) is 17.7 Å². The van der Waals surface area contributed by atoms with Crippen molar-refractivity contribution in [1.82, 2.24) is 5.32 Å². The fourth-order valence-electron chi connectivity index (χ4n) is 2.74. The summed E-state index contributed by atoms with van der Waals surface area (Å²) in [4.78, 5) is 36.8. The minimum atomic E-state index is -0.819. The molecule has 6 nitrogen and oxygen atoms in total. The van der Waals surface area contributed by atoms with Crippen LogP contribution in [0.5, 0.6) is 0 Å². The van der Waals surface area contributed by atoms with Crippen LogP contribution in [0.15, 0.2) is 77.4 Å². The summed E-state index contributed by atoms with van der Waals surface area (Å²) in [7, 11) is 0. The lowest BCUT2D eigenvalue weighted by atomic mass is 10.0. The fraction of sp³-hybridized carbons (Fsp3) is 0.136. The van der Waals surface area contributed by atoms with Gasteiger partial charge in [-0.3, -0.25) is 14.4 Å². The maximum Gasteiger partial charge on any atom is 0.287 e. The van der Waals surface area contributed by atoms with E-state index in [0.29, 0.717) is 17.7 Å². The van der Waals surface area contributed by atoms with Crippen LogP contribution >= 0.6 is 0 Å². The standard InChI is InChI=1S/C22H20N2O4/c1-15(25)17-9-5-10-18(14-17)23-21(26)19(13-16-7-3-2-4-8-16)24-22(27)20-11-6-12-28-20/h2-12,14,19H,13H2,1H3,(H,23,26)(H,24,27). The van der Waals surface area contributed by atoms with E-state index < -0.39 is 11.9 Å². The third-order valence-corrected chi connectivity index (χ3v) is 4.19. The molecule has 0 spiro atoms. The van der Waals surface area contributed by atoms with Crippen LogP contribution in [0.2, 0.25) is 0 Å². The summed E-state index contributed by atoms with van der Waals surface area (Å²) in [5, 5.41) is 5.49. The van der Waals surface area contributed by atoms with E-state index in [0.717, 1.165) is 5.56 Å². The molecule has 2 aromatic carbocycles. The molecule has 3 aromatic rings. The van der Waals surface area contributed by atoms with E-state index in [9.17, 15) is 14.4 Å². The van der Waals surface area contributed by atoms with Crippen molar-refractivity contribution in [3.63, 3.8) is 0 Å². The summed E-state index contributed by atoms with van der Waals surface area (Å²) < 4.78 is 5.11. The van der Waals surface area contributed by atoms with Crippen LogP contribution < -0.4 is 10.6 Å². The van der Waals surface area contributed by atoms with Gasteiger partial charge >= 0.3 is 0 Å². The van der Waals surface area contributed by atoms with Crippen molar-refractivity contribution in [2.24, 2.45) is 0 Å². The zero-order valence-electron chi connectivity index (χ0n) is 15.3. The lowest BCUT2D eigenvalue weighted by Crippen LogP contribution is -2.45. The molecule has 1 heterocycles. The number of benzene rings is 2. The predicted molar refractivity (Wildman–Crippen MR) is 105 cm³/mol. The molecular formula is C22H20N2O4. The summed E-state index contributed by atoms with van der Waals surface area (Å²) in [6, 6.07) is 18.4. The second-order valence-corrected chi connectivity index (χ2v) is 6.32. The Morgan fingerprint density at radius 3 is 2.43 bits per heavy atom. The minimum Gasteiger partial charge on any atom is -0.459 e. The van der Waals surface area contributed by atoms with E-state index in [-0.39, 0.29) is 17.5 Å². The first-order valence-electron chi connectivity index (χ1n) is 8.83. The van der Waals surface area contributed by atoms with E-state index in [1.165, 1.54) is 19.3 Å². The second-order valence-electron chi connectivity index (χ2n) is 6.32. The highest BCUT2D eigenvalue weighted by molar-refractivity contribution is 6.01. The second kappa shape index (κ2) is 8.81. The van der Waals surface area contributed by atoms with Crippen LogP contribution in [0.1, 0.15) is 33.4 Å². The third kappa shape index (κ3) is 4.94. The predicted octanol–water partition coefficient (Wildman–Crippen LogP) is 3.46. The molecule has 28 heavy (non-hydrogen) atoms. The average Bonchev–Trinajstić information content (AvgIpc) is 3.23. The Balaban J connectivity index is 1.78. The van der Waals surface area contributed by atoms with Gasteiger partial charge in [0.05, 0.1) is 6.26 Å². The molecule has 2 N–H and O–H groups in total. The monoisotopic (exact) mass is 376 g/mol. The van der Waals surface area contributed by atoms with Gasteiger partial charge in [0.25, 0.3) is 5.91 Å². The molecule has 0 aliphatic heterocycles. The van der Waals surface area contributed by atoms with Crippen molar-refractivity contribution >= 4 is 23.3 Å². The topological polar surface area (TPSA) is 88.4 Å². The van der Waals surface area contributed by atoms with E-state index >= 15 is 0 Å². The lowest BCUT2D eigenvalue weighted by molar-refractivity contribution is -0.118. The van der Waals surface area contributed by atoms with Crippen LogP contribution in [0.3, 0.4) is 0 Å². The summed E-state index contributed by atoms with van der Waals surface area (Å²) >= 11 is 0. The van der Waals surface area contributed by atoms with E-state index in [2.05, 4.69) is 10.6 Å². The number of furan rings is 1. The summed E-state index contributed by atoms with van der Waals surface area (Å²) in [6.07, 6.45) is 1.71. The number of nitrogens with one attached hydrogen (secondary N) is 2. The maximum atomic E-state index is 12.9. The number of anilines is 1. The molecule has 142 valence electrons. The molecule has 1 unspecified atom stereocenters. The smallest absolute Gasteiger partial charge is 0.287 e. The van der Waals surface area contributed by atoms with Crippen LogP contribution in [0, 0.1) is 0 Å². The molecule has 0 aliphatic carbocycles. The molecule has 0 fully saturated rings.